The van der Waals surface area contributed by atoms with E-state index in [0.717, 1.165) is 12.8 Å². The van der Waals surface area contributed by atoms with Crippen LogP contribution in [-0.4, -0.2) is 42.5 Å². The minimum atomic E-state index is -0.564. The van der Waals surface area contributed by atoms with Gasteiger partial charge < -0.3 is 14.7 Å². The van der Waals surface area contributed by atoms with E-state index in [0.29, 0.717) is 6.04 Å². The summed E-state index contributed by atoms with van der Waals surface area (Å²) in [5, 5.41) is 9.25. The monoisotopic (exact) mass is 233 g/mol. The summed E-state index contributed by atoms with van der Waals surface area (Å²) in [5.74, 6) is 0. The van der Waals surface area contributed by atoms with Crippen LogP contribution in [0.3, 0.4) is 0 Å². The molecular formula is C13H31NO2. The standard InChI is InChI=1S/C8H17NO2.C3H8.C2H6/c1-6-4-7(9(2)3)5-8(10)11-6;1-3-2;1-2/h6-8,10H,4-5H2,1-3H3;3H2,1-2H3;1-2H3. The van der Waals surface area contributed by atoms with Crippen LogP contribution in [0.25, 0.3) is 0 Å². The Bertz CT molecular complexity index is 130. The van der Waals surface area contributed by atoms with Crippen LogP contribution in [-0.2, 0) is 4.74 Å². The second-order valence-corrected chi connectivity index (χ2v) is 4.20. The largest absolute Gasteiger partial charge is 0.368 e. The van der Waals surface area contributed by atoms with Gasteiger partial charge in [0, 0.05) is 12.5 Å². The van der Waals surface area contributed by atoms with Crippen LogP contribution in [0.1, 0.15) is 53.9 Å². The zero-order valence-electron chi connectivity index (χ0n) is 12.2. The predicted molar refractivity (Wildman–Crippen MR) is 70.6 cm³/mol. The molecule has 1 rings (SSSR count). The molecule has 1 heterocycles. The van der Waals surface area contributed by atoms with Gasteiger partial charge in [-0.05, 0) is 27.4 Å². The highest BCUT2D eigenvalue weighted by Gasteiger charge is 2.26. The third-order valence-corrected chi connectivity index (χ3v) is 2.20. The molecule has 3 nitrogen and oxygen atoms in total. The Hall–Kier alpha value is -0.120. The number of nitrogens with zero attached hydrogens (tertiary/aromatic N) is 1. The third kappa shape index (κ3) is 9.13. The average Bonchev–Trinajstić information content (AvgIpc) is 2.20. The van der Waals surface area contributed by atoms with Crippen molar-refractivity contribution in [2.75, 3.05) is 14.1 Å². The number of hydrogen-bond donors (Lipinski definition) is 1. The first kappa shape index (κ1) is 18.3. The summed E-state index contributed by atoms with van der Waals surface area (Å²) in [5.41, 5.74) is 0. The second-order valence-electron chi connectivity index (χ2n) is 4.20. The predicted octanol–water partition coefficient (Wildman–Crippen LogP) is 2.88. The SMILES string of the molecule is CC.CC1CC(N(C)C)CC(O)O1.CCC. The van der Waals surface area contributed by atoms with E-state index < -0.39 is 6.29 Å². The fourth-order valence-electron chi connectivity index (χ4n) is 1.51. The van der Waals surface area contributed by atoms with Gasteiger partial charge >= 0.3 is 0 Å². The van der Waals surface area contributed by atoms with Crippen LogP contribution < -0.4 is 0 Å². The van der Waals surface area contributed by atoms with Crippen molar-refractivity contribution in [3.8, 4) is 0 Å². The lowest BCUT2D eigenvalue weighted by molar-refractivity contribution is -0.172. The molecule has 1 aliphatic rings. The van der Waals surface area contributed by atoms with Crippen LogP contribution in [0, 0.1) is 0 Å². The molecule has 0 spiro atoms. The molecule has 0 radical (unpaired) electrons. The normalized spacial score (nSPS) is 28.7. The van der Waals surface area contributed by atoms with Crippen LogP contribution in [0.5, 0.6) is 0 Å². The molecule has 100 valence electrons. The lowest BCUT2D eigenvalue weighted by Crippen LogP contribution is -2.41. The molecular weight excluding hydrogens is 202 g/mol. The Morgan fingerprint density at radius 3 is 1.94 bits per heavy atom. The molecule has 1 aliphatic heterocycles. The number of aliphatic hydroxyl groups is 1. The van der Waals surface area contributed by atoms with E-state index in [-0.39, 0.29) is 6.10 Å². The van der Waals surface area contributed by atoms with Gasteiger partial charge in [-0.3, -0.25) is 0 Å². The van der Waals surface area contributed by atoms with E-state index in [2.05, 4.69) is 18.7 Å². The lowest BCUT2D eigenvalue weighted by Gasteiger charge is -2.34. The zero-order chi connectivity index (χ0) is 13.1. The summed E-state index contributed by atoms with van der Waals surface area (Å²) < 4.78 is 5.20. The first-order chi connectivity index (χ1) is 7.51. The average molecular weight is 233 g/mol. The van der Waals surface area contributed by atoms with E-state index >= 15 is 0 Å². The van der Waals surface area contributed by atoms with Gasteiger partial charge in [-0.1, -0.05) is 34.1 Å². The molecule has 16 heavy (non-hydrogen) atoms. The van der Waals surface area contributed by atoms with Gasteiger partial charge in [0.1, 0.15) is 0 Å². The van der Waals surface area contributed by atoms with Crippen LogP contribution in [0.4, 0.5) is 0 Å². The molecule has 1 fully saturated rings. The molecule has 0 aromatic heterocycles. The molecule has 3 atom stereocenters. The zero-order valence-corrected chi connectivity index (χ0v) is 12.2. The van der Waals surface area contributed by atoms with Gasteiger partial charge in [0.05, 0.1) is 6.10 Å². The van der Waals surface area contributed by atoms with Crippen molar-refractivity contribution in [1.82, 2.24) is 4.90 Å². The molecule has 0 bridgehead atoms. The number of rotatable bonds is 1. The van der Waals surface area contributed by atoms with Crippen LogP contribution in [0.2, 0.25) is 0 Å². The van der Waals surface area contributed by atoms with Crippen LogP contribution in [0.15, 0.2) is 0 Å². The minimum absolute atomic E-state index is 0.186. The highest BCUT2D eigenvalue weighted by Crippen LogP contribution is 2.20. The van der Waals surface area contributed by atoms with Gasteiger partial charge in [-0.25, -0.2) is 0 Å². The fraction of sp³-hybridized carbons (Fsp3) is 1.00. The van der Waals surface area contributed by atoms with E-state index in [9.17, 15) is 5.11 Å². The molecule has 1 saturated heterocycles. The maximum absolute atomic E-state index is 9.25. The molecule has 3 heteroatoms. The Labute approximate surface area is 102 Å². The Balaban J connectivity index is 0. The van der Waals surface area contributed by atoms with E-state index in [4.69, 9.17) is 4.74 Å². The molecule has 1 N–H and O–H groups in total. The molecule has 0 amide bonds. The first-order valence-corrected chi connectivity index (χ1v) is 6.51. The van der Waals surface area contributed by atoms with Gasteiger partial charge in [0.15, 0.2) is 6.29 Å². The lowest BCUT2D eigenvalue weighted by atomic mass is 10.0. The number of hydrogen-bond acceptors (Lipinski definition) is 3. The second kappa shape index (κ2) is 11.4. The van der Waals surface area contributed by atoms with Crippen molar-refractivity contribution in [3.63, 3.8) is 0 Å². The van der Waals surface area contributed by atoms with Gasteiger partial charge in [-0.2, -0.15) is 0 Å². The third-order valence-electron chi connectivity index (χ3n) is 2.20. The van der Waals surface area contributed by atoms with Crippen molar-refractivity contribution in [3.05, 3.63) is 0 Å². The van der Waals surface area contributed by atoms with Crippen molar-refractivity contribution in [2.24, 2.45) is 0 Å². The summed E-state index contributed by atoms with van der Waals surface area (Å²) in [4.78, 5) is 2.14. The molecule has 0 aliphatic carbocycles. The minimum Gasteiger partial charge on any atom is -0.368 e. The Morgan fingerprint density at radius 1 is 1.19 bits per heavy atom. The number of aliphatic hydroxyl groups excluding tert-OH is 1. The first-order valence-electron chi connectivity index (χ1n) is 6.51. The van der Waals surface area contributed by atoms with Gasteiger partial charge in [-0.15, -0.1) is 0 Å². The van der Waals surface area contributed by atoms with Gasteiger partial charge in [0.2, 0.25) is 0 Å². The number of ether oxygens (including phenoxy) is 1. The highest BCUT2D eigenvalue weighted by atomic mass is 16.6. The summed E-state index contributed by atoms with van der Waals surface area (Å²) in [6, 6.07) is 0.466. The summed E-state index contributed by atoms with van der Waals surface area (Å²) >= 11 is 0. The van der Waals surface area contributed by atoms with E-state index in [1.165, 1.54) is 6.42 Å². The van der Waals surface area contributed by atoms with Crippen molar-refractivity contribution < 1.29 is 9.84 Å². The maximum atomic E-state index is 9.25. The summed E-state index contributed by atoms with van der Waals surface area (Å²) in [7, 11) is 4.07. The molecule has 0 aromatic rings. The van der Waals surface area contributed by atoms with Crippen LogP contribution >= 0.6 is 0 Å². The molecule has 0 aromatic carbocycles. The smallest absolute Gasteiger partial charge is 0.156 e. The van der Waals surface area contributed by atoms with Crippen molar-refractivity contribution >= 4 is 0 Å². The van der Waals surface area contributed by atoms with Crippen molar-refractivity contribution in [2.45, 2.75) is 72.3 Å². The summed E-state index contributed by atoms with van der Waals surface area (Å²) in [6.07, 6.45) is 2.62. The molecule has 3 unspecified atom stereocenters. The van der Waals surface area contributed by atoms with Gasteiger partial charge in [0.25, 0.3) is 0 Å². The highest BCUT2D eigenvalue weighted by molar-refractivity contribution is 4.75. The van der Waals surface area contributed by atoms with E-state index in [1.807, 2.05) is 34.9 Å². The fourth-order valence-corrected chi connectivity index (χ4v) is 1.51. The van der Waals surface area contributed by atoms with E-state index in [1.54, 1.807) is 0 Å². The quantitative estimate of drug-likeness (QED) is 0.756. The molecule has 0 saturated carbocycles. The Kier molecular flexibility index (Phi) is 13.0. The maximum Gasteiger partial charge on any atom is 0.156 e. The van der Waals surface area contributed by atoms with Crippen molar-refractivity contribution in [1.29, 1.82) is 0 Å². The summed E-state index contributed by atoms with van der Waals surface area (Å²) in [6.45, 7) is 10.2. The Morgan fingerprint density at radius 2 is 1.62 bits per heavy atom. The topological polar surface area (TPSA) is 32.7 Å².